The fraction of sp³-hybridized carbons (Fsp3) is 0.810. The van der Waals surface area contributed by atoms with E-state index in [0.29, 0.717) is 26.1 Å². The predicted octanol–water partition coefficient (Wildman–Crippen LogP) is 1.78. The normalized spacial score (nSPS) is 19.9. The van der Waals surface area contributed by atoms with Crippen molar-refractivity contribution in [2.75, 3.05) is 32.7 Å². The van der Waals surface area contributed by atoms with Crippen molar-refractivity contribution in [3.63, 3.8) is 0 Å². The highest BCUT2D eigenvalue weighted by atomic mass is 32.2. The number of rotatable bonds is 10. The van der Waals surface area contributed by atoms with Crippen molar-refractivity contribution in [2.45, 2.75) is 81.8 Å². The molecule has 0 aromatic carbocycles. The molecule has 30 heavy (non-hydrogen) atoms. The van der Waals surface area contributed by atoms with E-state index in [1.165, 1.54) is 0 Å². The van der Waals surface area contributed by atoms with Crippen LogP contribution in [0.15, 0.2) is 11.4 Å². The van der Waals surface area contributed by atoms with E-state index in [0.717, 1.165) is 76.8 Å². The third-order valence-electron chi connectivity index (χ3n) is 6.41. The molecule has 1 saturated heterocycles. The first-order valence-electron chi connectivity index (χ1n) is 11.4. The monoisotopic (exact) mass is 439 g/mol. The van der Waals surface area contributed by atoms with Crippen molar-refractivity contribution in [2.24, 2.45) is 5.73 Å². The number of unbranched alkanes of at least 4 members (excludes halogenated alkanes) is 1. The van der Waals surface area contributed by atoms with Crippen molar-refractivity contribution in [3.8, 4) is 0 Å². The average Bonchev–Trinajstić information content (AvgIpc) is 3.15. The van der Waals surface area contributed by atoms with Gasteiger partial charge in [0.15, 0.2) is 0 Å². The number of sulfone groups is 1. The minimum absolute atomic E-state index is 0.260. The largest absolute Gasteiger partial charge is 0.370 e. The number of nitrogens with zero attached hydrogens (tertiary/aromatic N) is 4. The second-order valence-corrected chi connectivity index (χ2v) is 10.8. The summed E-state index contributed by atoms with van der Waals surface area (Å²) in [7, 11) is -3.39. The lowest BCUT2D eigenvalue weighted by Crippen LogP contribution is -2.46. The van der Waals surface area contributed by atoms with E-state index in [9.17, 15) is 13.2 Å². The van der Waals surface area contributed by atoms with E-state index < -0.39 is 9.84 Å². The van der Waals surface area contributed by atoms with Crippen LogP contribution in [-0.4, -0.2) is 71.6 Å². The molecule has 0 unspecified atom stereocenters. The standard InChI is InChI=1S/C21H37N5O3S/c1-2-3-10-26-18(17-25-14-12-24(13-15-25)11-9-20(22)27)16-23-21(26)30(28,29)19-7-5-4-6-8-19/h16,19H,2-15,17H2,1H3,(H2,22,27). The van der Waals surface area contributed by atoms with Gasteiger partial charge in [-0.15, -0.1) is 0 Å². The zero-order chi connectivity index (χ0) is 21.6. The fourth-order valence-corrected chi connectivity index (χ4v) is 6.46. The molecule has 2 fully saturated rings. The lowest BCUT2D eigenvalue weighted by Gasteiger charge is -2.34. The third kappa shape index (κ3) is 5.82. The molecular weight excluding hydrogens is 402 g/mol. The molecular formula is C21H37N5O3S. The molecule has 2 aliphatic rings. The van der Waals surface area contributed by atoms with E-state index in [4.69, 9.17) is 5.73 Å². The SMILES string of the molecule is CCCCn1c(CN2CCN(CCC(N)=O)CC2)cnc1S(=O)(=O)C1CCCCC1. The van der Waals surface area contributed by atoms with E-state index in [-0.39, 0.29) is 16.3 Å². The Balaban J connectivity index is 1.69. The Morgan fingerprint density at radius 3 is 2.40 bits per heavy atom. The molecule has 1 aliphatic carbocycles. The summed E-state index contributed by atoms with van der Waals surface area (Å²) < 4.78 is 28.6. The number of hydrogen-bond donors (Lipinski definition) is 1. The molecule has 1 aromatic rings. The van der Waals surface area contributed by atoms with Gasteiger partial charge in [-0.1, -0.05) is 32.6 Å². The second-order valence-electron chi connectivity index (χ2n) is 8.68. The number of amides is 1. The van der Waals surface area contributed by atoms with Crippen molar-refractivity contribution in [3.05, 3.63) is 11.9 Å². The van der Waals surface area contributed by atoms with Crippen LogP contribution in [0.25, 0.3) is 0 Å². The number of nitrogens with two attached hydrogens (primary N) is 1. The van der Waals surface area contributed by atoms with E-state index in [1.54, 1.807) is 6.20 Å². The maximum absolute atomic E-state index is 13.3. The highest BCUT2D eigenvalue weighted by molar-refractivity contribution is 7.91. The topological polar surface area (TPSA) is 102 Å². The highest BCUT2D eigenvalue weighted by Gasteiger charge is 2.33. The maximum atomic E-state index is 13.3. The minimum atomic E-state index is -3.39. The van der Waals surface area contributed by atoms with Crippen LogP contribution in [0.2, 0.25) is 0 Å². The molecule has 1 aliphatic heterocycles. The van der Waals surface area contributed by atoms with Crippen LogP contribution in [0.5, 0.6) is 0 Å². The predicted molar refractivity (Wildman–Crippen MR) is 117 cm³/mol. The first-order valence-corrected chi connectivity index (χ1v) is 13.0. The Morgan fingerprint density at radius 1 is 1.10 bits per heavy atom. The van der Waals surface area contributed by atoms with Gasteiger partial charge in [0, 0.05) is 52.2 Å². The van der Waals surface area contributed by atoms with Crippen molar-refractivity contribution in [1.29, 1.82) is 0 Å². The number of piperazine rings is 1. The van der Waals surface area contributed by atoms with Gasteiger partial charge in [0.05, 0.1) is 17.1 Å². The second kappa shape index (κ2) is 10.7. The first-order chi connectivity index (χ1) is 14.4. The summed E-state index contributed by atoms with van der Waals surface area (Å²) in [5.74, 6) is -0.260. The molecule has 0 spiro atoms. The van der Waals surface area contributed by atoms with Gasteiger partial charge in [-0.25, -0.2) is 13.4 Å². The van der Waals surface area contributed by atoms with Gasteiger partial charge < -0.3 is 15.2 Å². The van der Waals surface area contributed by atoms with Gasteiger partial charge in [0.2, 0.25) is 20.9 Å². The number of aromatic nitrogens is 2. The zero-order valence-corrected chi connectivity index (χ0v) is 19.1. The summed E-state index contributed by atoms with van der Waals surface area (Å²) in [6.45, 7) is 7.81. The number of carbonyl (C=O) groups excluding carboxylic acids is 1. The van der Waals surface area contributed by atoms with Gasteiger partial charge in [-0.3, -0.25) is 9.69 Å². The Labute approximate surface area is 180 Å². The van der Waals surface area contributed by atoms with Crippen LogP contribution in [0.1, 0.15) is 64.0 Å². The highest BCUT2D eigenvalue weighted by Crippen LogP contribution is 2.29. The number of hydrogen-bond acceptors (Lipinski definition) is 6. The minimum Gasteiger partial charge on any atom is -0.370 e. The van der Waals surface area contributed by atoms with E-state index in [1.807, 2.05) is 4.57 Å². The van der Waals surface area contributed by atoms with Gasteiger partial charge >= 0.3 is 0 Å². The summed E-state index contributed by atoms with van der Waals surface area (Å²) in [6, 6.07) is 0. The van der Waals surface area contributed by atoms with E-state index >= 15 is 0 Å². The number of carbonyl (C=O) groups is 1. The third-order valence-corrected chi connectivity index (χ3v) is 8.59. The molecule has 3 rings (SSSR count). The van der Waals surface area contributed by atoms with Gasteiger partial charge in [0.1, 0.15) is 0 Å². The summed E-state index contributed by atoms with van der Waals surface area (Å²) in [4.78, 5) is 20.0. The molecule has 1 saturated carbocycles. The molecule has 0 bridgehead atoms. The van der Waals surface area contributed by atoms with Crippen molar-refractivity contribution in [1.82, 2.24) is 19.4 Å². The molecule has 8 nitrogen and oxygen atoms in total. The Morgan fingerprint density at radius 2 is 1.77 bits per heavy atom. The summed E-state index contributed by atoms with van der Waals surface area (Å²) in [6.07, 6.45) is 8.75. The van der Waals surface area contributed by atoms with Crippen LogP contribution in [0, 0.1) is 0 Å². The molecule has 170 valence electrons. The molecule has 9 heteroatoms. The smallest absolute Gasteiger partial charge is 0.228 e. The summed E-state index contributed by atoms with van der Waals surface area (Å²) in [5.41, 5.74) is 6.24. The Bertz CT molecular complexity index is 794. The van der Waals surface area contributed by atoms with E-state index in [2.05, 4.69) is 21.7 Å². The molecule has 2 N–H and O–H groups in total. The quantitative estimate of drug-likeness (QED) is 0.596. The molecule has 1 aromatic heterocycles. The lowest BCUT2D eigenvalue weighted by molar-refractivity contribution is -0.118. The first kappa shape index (κ1) is 23.2. The molecule has 0 atom stereocenters. The zero-order valence-electron chi connectivity index (χ0n) is 18.3. The molecule has 1 amide bonds. The molecule has 0 radical (unpaired) electrons. The Hall–Kier alpha value is -1.45. The maximum Gasteiger partial charge on any atom is 0.228 e. The van der Waals surface area contributed by atoms with Gasteiger partial charge in [-0.05, 0) is 19.3 Å². The van der Waals surface area contributed by atoms with Crippen molar-refractivity contribution < 1.29 is 13.2 Å². The summed E-state index contributed by atoms with van der Waals surface area (Å²) in [5, 5.41) is -0.00591. The van der Waals surface area contributed by atoms with Crippen LogP contribution in [0.4, 0.5) is 0 Å². The average molecular weight is 440 g/mol. The molecule has 2 heterocycles. The lowest BCUT2D eigenvalue weighted by atomic mass is 10.0. The number of primary amides is 1. The fourth-order valence-electron chi connectivity index (χ4n) is 4.49. The van der Waals surface area contributed by atoms with Crippen LogP contribution in [0.3, 0.4) is 0 Å². The number of imidazole rings is 1. The van der Waals surface area contributed by atoms with Gasteiger partial charge in [-0.2, -0.15) is 0 Å². The van der Waals surface area contributed by atoms with Gasteiger partial charge in [0.25, 0.3) is 0 Å². The summed E-state index contributed by atoms with van der Waals surface area (Å²) >= 11 is 0. The van der Waals surface area contributed by atoms with Crippen LogP contribution in [-0.2, 0) is 27.7 Å². The van der Waals surface area contributed by atoms with Crippen LogP contribution >= 0.6 is 0 Å². The Kier molecular flexibility index (Phi) is 8.30. The van der Waals surface area contributed by atoms with Crippen molar-refractivity contribution >= 4 is 15.7 Å². The van der Waals surface area contributed by atoms with Crippen LogP contribution < -0.4 is 5.73 Å².